The van der Waals surface area contributed by atoms with Crippen molar-refractivity contribution in [3.8, 4) is 0 Å². The largest absolute Gasteiger partial charge is 0.457 e. The molecule has 0 aliphatic heterocycles. The van der Waals surface area contributed by atoms with Crippen LogP contribution in [0.25, 0.3) is 0 Å². The van der Waals surface area contributed by atoms with Gasteiger partial charge in [0.05, 0.1) is 0 Å². The number of carbonyl (C=O) groups excluding carboxylic acids is 1. The number of hydrogen-bond donors (Lipinski definition) is 0. The molecule has 0 N–H and O–H groups in total. The summed E-state index contributed by atoms with van der Waals surface area (Å²) in [6.45, 7) is 10.2. The van der Waals surface area contributed by atoms with E-state index in [4.69, 9.17) is 4.74 Å². The summed E-state index contributed by atoms with van der Waals surface area (Å²) in [7, 11) is 0. The van der Waals surface area contributed by atoms with E-state index in [9.17, 15) is 4.79 Å². The number of carbonyl (C=O) groups is 1. The highest BCUT2D eigenvalue weighted by atomic mass is 16.6. The minimum atomic E-state index is -0.102. The van der Waals surface area contributed by atoms with E-state index >= 15 is 0 Å². The number of ether oxygens (including phenoxy) is 1. The monoisotopic (exact) mass is 182 g/mol. The molecule has 0 spiro atoms. The number of allylic oxidation sites excluding steroid dienone is 1. The highest BCUT2D eigenvalue weighted by Gasteiger charge is 2.55. The van der Waals surface area contributed by atoms with Gasteiger partial charge in [0.15, 0.2) is 0 Å². The molecule has 0 radical (unpaired) electrons. The summed E-state index contributed by atoms with van der Waals surface area (Å²) in [5.41, 5.74) is 2.64. The molecule has 0 bridgehead atoms. The minimum absolute atomic E-state index is 0.0324. The number of esters is 1. The van der Waals surface area contributed by atoms with Crippen LogP contribution >= 0.6 is 0 Å². The molecule has 13 heavy (non-hydrogen) atoms. The molecular formula is C11H18O2. The lowest BCUT2D eigenvalue weighted by Crippen LogP contribution is -2.08. The lowest BCUT2D eigenvalue weighted by Gasteiger charge is -2.02. The Morgan fingerprint density at radius 1 is 1.46 bits per heavy atom. The standard InChI is InChI=1S/C11H18O2/c1-6-8(12)13-10-9(7(2)3)11(10,4)5/h10H,6H2,1-5H3. The second kappa shape index (κ2) is 3.17. The van der Waals surface area contributed by atoms with Gasteiger partial charge in [-0.25, -0.2) is 0 Å². The Hall–Kier alpha value is -0.790. The maximum Gasteiger partial charge on any atom is 0.306 e. The van der Waals surface area contributed by atoms with Crippen LogP contribution in [0.4, 0.5) is 0 Å². The first kappa shape index (κ1) is 10.3. The molecule has 1 unspecified atom stereocenters. The molecule has 1 aliphatic carbocycles. The quantitative estimate of drug-likeness (QED) is 0.485. The lowest BCUT2D eigenvalue weighted by molar-refractivity contribution is -0.145. The molecule has 0 aromatic carbocycles. The van der Waals surface area contributed by atoms with Gasteiger partial charge in [0.1, 0.15) is 6.10 Å². The highest BCUT2D eigenvalue weighted by molar-refractivity contribution is 5.70. The van der Waals surface area contributed by atoms with Crippen LogP contribution in [0.5, 0.6) is 0 Å². The van der Waals surface area contributed by atoms with Crippen molar-refractivity contribution < 1.29 is 9.53 Å². The van der Waals surface area contributed by atoms with Gasteiger partial charge in [0, 0.05) is 11.8 Å². The Kier molecular flexibility index (Phi) is 2.51. The maximum atomic E-state index is 11.1. The van der Waals surface area contributed by atoms with Gasteiger partial charge in [0.25, 0.3) is 0 Å². The molecule has 2 heteroatoms. The van der Waals surface area contributed by atoms with E-state index in [0.717, 1.165) is 0 Å². The first-order valence-corrected chi connectivity index (χ1v) is 4.78. The van der Waals surface area contributed by atoms with Crippen molar-refractivity contribution in [3.63, 3.8) is 0 Å². The molecule has 1 rings (SSSR count). The van der Waals surface area contributed by atoms with Gasteiger partial charge >= 0.3 is 5.97 Å². The third kappa shape index (κ3) is 1.77. The van der Waals surface area contributed by atoms with Crippen molar-refractivity contribution in [1.82, 2.24) is 0 Å². The number of hydrogen-bond acceptors (Lipinski definition) is 2. The summed E-state index contributed by atoms with van der Waals surface area (Å²) < 4.78 is 5.30. The molecule has 1 aliphatic rings. The predicted molar refractivity (Wildman–Crippen MR) is 52.3 cm³/mol. The van der Waals surface area contributed by atoms with Crippen LogP contribution in [0.15, 0.2) is 11.1 Å². The molecule has 0 saturated heterocycles. The molecule has 0 aromatic heterocycles. The smallest absolute Gasteiger partial charge is 0.306 e. The first-order chi connectivity index (χ1) is 5.91. The molecule has 74 valence electrons. The van der Waals surface area contributed by atoms with Crippen molar-refractivity contribution in [2.45, 2.75) is 47.1 Å². The highest BCUT2D eigenvalue weighted by Crippen LogP contribution is 2.55. The van der Waals surface area contributed by atoms with E-state index in [1.807, 2.05) is 6.92 Å². The first-order valence-electron chi connectivity index (χ1n) is 4.78. The van der Waals surface area contributed by atoms with Crippen molar-refractivity contribution >= 4 is 5.97 Å². The zero-order valence-electron chi connectivity index (χ0n) is 9.10. The van der Waals surface area contributed by atoms with Crippen LogP contribution in [0.2, 0.25) is 0 Å². The molecule has 0 aromatic rings. The van der Waals surface area contributed by atoms with Crippen LogP contribution in [-0.2, 0) is 9.53 Å². The summed E-state index contributed by atoms with van der Waals surface area (Å²) >= 11 is 0. The van der Waals surface area contributed by atoms with E-state index in [2.05, 4.69) is 27.7 Å². The van der Waals surface area contributed by atoms with Gasteiger partial charge in [0.2, 0.25) is 0 Å². The predicted octanol–water partition coefficient (Wildman–Crippen LogP) is 2.68. The van der Waals surface area contributed by atoms with Crippen molar-refractivity contribution in [1.29, 1.82) is 0 Å². The summed E-state index contributed by atoms with van der Waals surface area (Å²) in [5.74, 6) is -0.102. The fraction of sp³-hybridized carbons (Fsp3) is 0.727. The van der Waals surface area contributed by atoms with Gasteiger partial charge in [-0.1, -0.05) is 26.3 Å². The Morgan fingerprint density at radius 3 is 2.31 bits per heavy atom. The molecule has 0 amide bonds. The molecule has 1 saturated carbocycles. The van der Waals surface area contributed by atoms with Crippen molar-refractivity contribution in [2.75, 3.05) is 0 Å². The third-order valence-corrected chi connectivity index (χ3v) is 2.61. The van der Waals surface area contributed by atoms with Gasteiger partial charge in [-0.2, -0.15) is 0 Å². The second-order valence-corrected chi connectivity index (χ2v) is 4.36. The lowest BCUT2D eigenvalue weighted by atomic mass is 10.1. The van der Waals surface area contributed by atoms with Crippen molar-refractivity contribution in [3.05, 3.63) is 11.1 Å². The van der Waals surface area contributed by atoms with E-state index in [-0.39, 0.29) is 17.5 Å². The van der Waals surface area contributed by atoms with Gasteiger partial charge in [-0.05, 0) is 19.4 Å². The van der Waals surface area contributed by atoms with Crippen LogP contribution in [0.1, 0.15) is 41.0 Å². The summed E-state index contributed by atoms with van der Waals surface area (Å²) in [5, 5.41) is 0. The van der Waals surface area contributed by atoms with Crippen LogP contribution in [0, 0.1) is 5.41 Å². The van der Waals surface area contributed by atoms with Crippen LogP contribution in [-0.4, -0.2) is 12.1 Å². The van der Waals surface area contributed by atoms with E-state index < -0.39 is 0 Å². The van der Waals surface area contributed by atoms with E-state index in [0.29, 0.717) is 6.42 Å². The Bertz CT molecular complexity index is 257. The summed E-state index contributed by atoms with van der Waals surface area (Å²) in [4.78, 5) is 11.1. The zero-order chi connectivity index (χ0) is 10.2. The zero-order valence-corrected chi connectivity index (χ0v) is 9.10. The van der Waals surface area contributed by atoms with Gasteiger partial charge in [-0.3, -0.25) is 4.79 Å². The molecule has 1 atom stereocenters. The molecular weight excluding hydrogens is 164 g/mol. The van der Waals surface area contributed by atoms with Gasteiger partial charge in [-0.15, -0.1) is 0 Å². The Labute approximate surface area is 80.0 Å². The minimum Gasteiger partial charge on any atom is -0.457 e. The normalized spacial score (nSPS) is 24.1. The van der Waals surface area contributed by atoms with Crippen LogP contribution in [0.3, 0.4) is 0 Å². The molecule has 1 fully saturated rings. The summed E-state index contributed by atoms with van der Waals surface area (Å²) in [6.07, 6.45) is 0.493. The Balaban J connectivity index is 2.67. The SMILES string of the molecule is CCC(=O)OC1C(=C(C)C)C1(C)C. The molecule has 0 heterocycles. The van der Waals surface area contributed by atoms with Gasteiger partial charge < -0.3 is 4.74 Å². The van der Waals surface area contributed by atoms with E-state index in [1.54, 1.807) is 0 Å². The van der Waals surface area contributed by atoms with Crippen molar-refractivity contribution in [2.24, 2.45) is 5.41 Å². The maximum absolute atomic E-state index is 11.1. The fourth-order valence-corrected chi connectivity index (χ4v) is 1.83. The van der Waals surface area contributed by atoms with E-state index in [1.165, 1.54) is 11.1 Å². The molecule has 2 nitrogen and oxygen atoms in total. The number of rotatable bonds is 2. The average Bonchev–Trinajstić information content (AvgIpc) is 2.53. The van der Waals surface area contributed by atoms with Crippen LogP contribution < -0.4 is 0 Å². The average molecular weight is 182 g/mol. The summed E-state index contributed by atoms with van der Waals surface area (Å²) in [6, 6.07) is 0. The topological polar surface area (TPSA) is 26.3 Å². The second-order valence-electron chi connectivity index (χ2n) is 4.36. The fourth-order valence-electron chi connectivity index (χ4n) is 1.83. The third-order valence-electron chi connectivity index (χ3n) is 2.61. The Morgan fingerprint density at radius 2 is 2.00 bits per heavy atom.